The summed E-state index contributed by atoms with van der Waals surface area (Å²) in [6.45, 7) is 3.90. The molecular formula is C37H30F6N10O4. The van der Waals surface area contributed by atoms with Crippen molar-refractivity contribution in [3.05, 3.63) is 152 Å². The van der Waals surface area contributed by atoms with Gasteiger partial charge in [0, 0.05) is 37.6 Å². The summed E-state index contributed by atoms with van der Waals surface area (Å²) >= 11 is 0. The SMILES string of the molecule is Cc1ncnc2c1c(NCc1ccc(C(F)(F)F)nc1)cc(=O)n2O.Cc1ncnc2c1c(NCc1ccc(C(F)(F)F)nc1)cc(=O)n2OCc1ccccc1. The van der Waals surface area contributed by atoms with Gasteiger partial charge in [0.05, 0.1) is 33.5 Å². The first-order chi connectivity index (χ1) is 27.1. The van der Waals surface area contributed by atoms with Crippen molar-refractivity contribution < 1.29 is 36.4 Å². The van der Waals surface area contributed by atoms with Crippen LogP contribution in [0.15, 0.2) is 101 Å². The summed E-state index contributed by atoms with van der Waals surface area (Å²) in [6, 6.07) is 16.3. The second-order valence-corrected chi connectivity index (χ2v) is 12.3. The molecule has 7 rings (SSSR count). The van der Waals surface area contributed by atoms with E-state index >= 15 is 0 Å². The predicted octanol–water partition coefficient (Wildman–Crippen LogP) is 6.12. The van der Waals surface area contributed by atoms with Crippen LogP contribution in [-0.4, -0.2) is 44.6 Å². The van der Waals surface area contributed by atoms with Crippen LogP contribution in [-0.2, 0) is 32.0 Å². The molecule has 14 nitrogen and oxygen atoms in total. The van der Waals surface area contributed by atoms with Crippen molar-refractivity contribution >= 4 is 33.4 Å². The largest absolute Gasteiger partial charge is 0.433 e. The molecule has 7 aromatic rings. The highest BCUT2D eigenvalue weighted by atomic mass is 19.4. The first-order valence-corrected chi connectivity index (χ1v) is 16.7. The number of nitrogens with zero attached hydrogens (tertiary/aromatic N) is 8. The number of aromatic nitrogens is 8. The van der Waals surface area contributed by atoms with Crippen molar-refractivity contribution in [1.29, 1.82) is 0 Å². The summed E-state index contributed by atoms with van der Waals surface area (Å²) in [6.07, 6.45) is -4.19. The van der Waals surface area contributed by atoms with Crippen molar-refractivity contribution in [2.45, 2.75) is 45.9 Å². The molecule has 1 aromatic carbocycles. The number of hydrogen-bond donors (Lipinski definition) is 3. The van der Waals surface area contributed by atoms with E-state index in [2.05, 4.69) is 40.5 Å². The van der Waals surface area contributed by atoms with E-state index < -0.39 is 34.9 Å². The van der Waals surface area contributed by atoms with Gasteiger partial charge in [-0.25, -0.2) is 19.9 Å². The number of fused-ring (bicyclic) bond motifs is 2. The summed E-state index contributed by atoms with van der Waals surface area (Å²) in [5, 5.41) is 16.8. The average molecular weight is 793 g/mol. The van der Waals surface area contributed by atoms with Crippen LogP contribution in [0.25, 0.3) is 22.1 Å². The number of aryl methyl sites for hydroxylation is 2. The fourth-order valence-electron chi connectivity index (χ4n) is 5.49. The van der Waals surface area contributed by atoms with E-state index in [9.17, 15) is 41.1 Å². The maximum Gasteiger partial charge on any atom is 0.433 e. The number of nitrogens with one attached hydrogen (secondary N) is 2. The molecule has 294 valence electrons. The lowest BCUT2D eigenvalue weighted by Gasteiger charge is -2.15. The summed E-state index contributed by atoms with van der Waals surface area (Å²) < 4.78 is 77.2. The third kappa shape index (κ3) is 9.23. The number of halogens is 6. The maximum absolute atomic E-state index is 12.8. The van der Waals surface area contributed by atoms with Crippen molar-refractivity contribution in [2.24, 2.45) is 0 Å². The molecule has 57 heavy (non-hydrogen) atoms. The zero-order valence-electron chi connectivity index (χ0n) is 29.8. The highest BCUT2D eigenvalue weighted by molar-refractivity contribution is 5.91. The van der Waals surface area contributed by atoms with E-state index in [1.54, 1.807) is 13.8 Å². The van der Waals surface area contributed by atoms with Crippen molar-refractivity contribution in [2.75, 3.05) is 10.6 Å². The molecular weight excluding hydrogens is 762 g/mol. The summed E-state index contributed by atoms with van der Waals surface area (Å²) in [7, 11) is 0. The van der Waals surface area contributed by atoms with Crippen LogP contribution in [0.3, 0.4) is 0 Å². The molecule has 0 aliphatic rings. The number of rotatable bonds is 9. The third-order valence-corrected chi connectivity index (χ3v) is 8.31. The minimum atomic E-state index is -4.50. The Morgan fingerprint density at radius 2 is 1.12 bits per heavy atom. The molecule has 0 atom stereocenters. The minimum absolute atomic E-state index is 0.0352. The van der Waals surface area contributed by atoms with Gasteiger partial charge in [-0.05, 0) is 42.7 Å². The molecule has 0 fully saturated rings. The Bertz CT molecular complexity index is 2640. The number of anilines is 2. The summed E-state index contributed by atoms with van der Waals surface area (Å²) in [4.78, 5) is 53.4. The Morgan fingerprint density at radius 1 is 0.632 bits per heavy atom. The first kappa shape index (κ1) is 39.6. The van der Waals surface area contributed by atoms with Crippen LogP contribution < -0.4 is 26.6 Å². The lowest BCUT2D eigenvalue weighted by molar-refractivity contribution is -0.142. The average Bonchev–Trinajstić information content (AvgIpc) is 3.18. The third-order valence-electron chi connectivity index (χ3n) is 8.31. The van der Waals surface area contributed by atoms with Gasteiger partial charge in [0.1, 0.15) is 30.6 Å². The van der Waals surface area contributed by atoms with Crippen LogP contribution in [0.1, 0.15) is 39.5 Å². The molecule has 0 spiro atoms. The van der Waals surface area contributed by atoms with Gasteiger partial charge in [-0.1, -0.05) is 42.5 Å². The lowest BCUT2D eigenvalue weighted by atomic mass is 10.2. The van der Waals surface area contributed by atoms with Gasteiger partial charge >= 0.3 is 12.4 Å². The molecule has 6 aromatic heterocycles. The Kier molecular flexibility index (Phi) is 11.3. The molecule has 0 radical (unpaired) electrons. The summed E-state index contributed by atoms with van der Waals surface area (Å²) in [5.74, 6) is 0. The van der Waals surface area contributed by atoms with Crippen molar-refractivity contribution in [3.8, 4) is 0 Å². The fraction of sp³-hybridized carbons (Fsp3) is 0.189. The molecule has 0 saturated carbocycles. The highest BCUT2D eigenvalue weighted by Gasteiger charge is 2.32. The first-order valence-electron chi connectivity index (χ1n) is 16.7. The molecule has 0 bridgehead atoms. The van der Waals surface area contributed by atoms with Crippen LogP contribution in [0.4, 0.5) is 37.7 Å². The topological polar surface area (TPSA) is 175 Å². The monoisotopic (exact) mass is 792 g/mol. The Hall–Kier alpha value is -7.12. The molecule has 6 heterocycles. The molecule has 0 aliphatic heterocycles. The van der Waals surface area contributed by atoms with Crippen molar-refractivity contribution in [3.63, 3.8) is 0 Å². The van der Waals surface area contributed by atoms with Crippen LogP contribution in [0.5, 0.6) is 0 Å². The second kappa shape index (κ2) is 16.3. The molecule has 0 unspecified atom stereocenters. The van der Waals surface area contributed by atoms with E-state index in [0.717, 1.165) is 40.9 Å². The molecule has 0 aliphatic carbocycles. The molecule has 3 N–H and O–H groups in total. The van der Waals surface area contributed by atoms with Crippen LogP contribution in [0.2, 0.25) is 0 Å². The van der Waals surface area contributed by atoms with Gasteiger partial charge in [0.25, 0.3) is 11.1 Å². The number of benzene rings is 1. The lowest BCUT2D eigenvalue weighted by Crippen LogP contribution is -2.28. The maximum atomic E-state index is 12.8. The Labute approximate surface area is 317 Å². The fourth-order valence-corrected chi connectivity index (χ4v) is 5.49. The normalized spacial score (nSPS) is 11.6. The van der Waals surface area contributed by atoms with Gasteiger partial charge in [-0.3, -0.25) is 19.6 Å². The van der Waals surface area contributed by atoms with Gasteiger partial charge in [0.15, 0.2) is 11.3 Å². The molecule has 0 saturated heterocycles. The Morgan fingerprint density at radius 3 is 1.61 bits per heavy atom. The predicted molar refractivity (Wildman–Crippen MR) is 194 cm³/mol. The number of pyridine rings is 4. The number of hydrogen-bond acceptors (Lipinski definition) is 12. The minimum Gasteiger partial charge on any atom is -0.423 e. The van der Waals surface area contributed by atoms with Crippen LogP contribution >= 0.6 is 0 Å². The van der Waals surface area contributed by atoms with E-state index in [0.29, 0.717) is 49.4 Å². The molecule has 0 amide bonds. The van der Waals surface area contributed by atoms with E-state index in [1.807, 2.05) is 30.3 Å². The number of alkyl halides is 6. The van der Waals surface area contributed by atoms with E-state index in [-0.39, 0.29) is 31.0 Å². The Balaban J connectivity index is 0.000000199. The zero-order chi connectivity index (χ0) is 40.9. The standard InChI is InChI=1S/C22H18F3N5O2.C15H12F3N5O2/c1-14-20-17(26-10-16-7-8-18(27-11-16)22(23,24)25)9-19(31)30(21(20)29-13-28-14)32-12-15-5-3-2-4-6-15;1-8-13-10(4-12(24)23(25)14(13)22-7-21-8)19-5-9-2-3-11(20-6-9)15(16,17)18/h2-9,11,13,26H,10,12H2,1H3;2-4,6-7,19,25H,5H2,1H3. The van der Waals surface area contributed by atoms with Gasteiger partial charge in [-0.15, -0.1) is 9.46 Å². The van der Waals surface area contributed by atoms with Crippen LogP contribution in [0, 0.1) is 13.8 Å². The van der Waals surface area contributed by atoms with Gasteiger partial charge in [-0.2, -0.15) is 26.3 Å². The smallest absolute Gasteiger partial charge is 0.423 e. The molecule has 20 heteroatoms. The van der Waals surface area contributed by atoms with Gasteiger partial charge in [0.2, 0.25) is 0 Å². The van der Waals surface area contributed by atoms with E-state index in [1.165, 1.54) is 30.9 Å². The quantitative estimate of drug-likeness (QED) is 0.113. The van der Waals surface area contributed by atoms with Crippen molar-refractivity contribution in [1.82, 2.24) is 39.4 Å². The highest BCUT2D eigenvalue weighted by Crippen LogP contribution is 2.29. The van der Waals surface area contributed by atoms with E-state index in [4.69, 9.17) is 4.84 Å². The zero-order valence-corrected chi connectivity index (χ0v) is 29.8. The second-order valence-electron chi connectivity index (χ2n) is 12.3. The van der Waals surface area contributed by atoms with Gasteiger partial charge < -0.3 is 20.7 Å². The summed E-state index contributed by atoms with van der Waals surface area (Å²) in [5.41, 5.74) is 1.08.